The molecule has 0 spiro atoms. The van der Waals surface area contributed by atoms with Crippen LogP contribution in [0.4, 0.5) is 0 Å². The van der Waals surface area contributed by atoms with E-state index in [0.29, 0.717) is 11.8 Å². The summed E-state index contributed by atoms with van der Waals surface area (Å²) in [5.74, 6) is 0.586. The molecule has 0 aliphatic heterocycles. The molecule has 4 unspecified atom stereocenters. The molecule has 0 aromatic carbocycles. The van der Waals surface area contributed by atoms with Crippen molar-refractivity contribution in [1.29, 1.82) is 0 Å². The fraction of sp³-hybridized carbons (Fsp3) is 0.818. The van der Waals surface area contributed by atoms with Gasteiger partial charge in [-0.15, -0.1) is 0 Å². The Hall–Kier alpha value is -0.860. The van der Waals surface area contributed by atoms with Gasteiger partial charge in [0, 0.05) is 20.0 Å². The van der Waals surface area contributed by atoms with Crippen molar-refractivity contribution in [3.8, 4) is 0 Å². The molecular formula is C11H19NO2. The lowest BCUT2D eigenvalue weighted by atomic mass is 9.88. The van der Waals surface area contributed by atoms with Crippen molar-refractivity contribution in [3.63, 3.8) is 0 Å². The van der Waals surface area contributed by atoms with Gasteiger partial charge in [0.1, 0.15) is 6.29 Å². The molecule has 80 valence electrons. The Labute approximate surface area is 85.5 Å². The number of nitrogens with zero attached hydrogens (tertiary/aromatic N) is 1. The van der Waals surface area contributed by atoms with Crippen LogP contribution in [-0.4, -0.2) is 31.2 Å². The van der Waals surface area contributed by atoms with Gasteiger partial charge in [0.05, 0.1) is 5.92 Å². The molecule has 0 bridgehead atoms. The molecular weight excluding hydrogens is 178 g/mol. The van der Waals surface area contributed by atoms with Crippen LogP contribution in [0, 0.1) is 23.7 Å². The van der Waals surface area contributed by atoms with Crippen molar-refractivity contribution in [1.82, 2.24) is 4.90 Å². The summed E-state index contributed by atoms with van der Waals surface area (Å²) in [6.07, 6.45) is 1.94. The standard InChI is InChI=1S/C11H19NO2/c1-7-5-8(2)10(9(7)6-13)11(14)12(3)4/h6-10H,5H2,1-4H3. The molecule has 1 amide bonds. The van der Waals surface area contributed by atoms with Crippen LogP contribution in [0.25, 0.3) is 0 Å². The molecule has 0 aromatic rings. The van der Waals surface area contributed by atoms with Crippen molar-refractivity contribution < 1.29 is 9.59 Å². The molecule has 0 radical (unpaired) electrons. The first-order valence-electron chi connectivity index (χ1n) is 5.15. The van der Waals surface area contributed by atoms with Crippen LogP contribution in [0.15, 0.2) is 0 Å². The van der Waals surface area contributed by atoms with Gasteiger partial charge in [-0.3, -0.25) is 4.79 Å². The molecule has 0 heterocycles. The zero-order chi connectivity index (χ0) is 10.9. The Morgan fingerprint density at radius 3 is 2.29 bits per heavy atom. The highest BCUT2D eigenvalue weighted by Crippen LogP contribution is 2.40. The molecule has 1 saturated carbocycles. The van der Waals surface area contributed by atoms with Gasteiger partial charge in [-0.05, 0) is 18.3 Å². The average molecular weight is 197 g/mol. The highest BCUT2D eigenvalue weighted by Gasteiger charge is 2.43. The fourth-order valence-corrected chi connectivity index (χ4v) is 2.55. The van der Waals surface area contributed by atoms with Gasteiger partial charge < -0.3 is 9.69 Å². The number of aldehydes is 1. The van der Waals surface area contributed by atoms with E-state index >= 15 is 0 Å². The van der Waals surface area contributed by atoms with Crippen molar-refractivity contribution in [3.05, 3.63) is 0 Å². The zero-order valence-corrected chi connectivity index (χ0v) is 9.36. The van der Waals surface area contributed by atoms with Crippen LogP contribution in [0.2, 0.25) is 0 Å². The molecule has 0 aromatic heterocycles. The summed E-state index contributed by atoms with van der Waals surface area (Å²) in [5, 5.41) is 0. The Morgan fingerprint density at radius 2 is 1.86 bits per heavy atom. The first kappa shape index (κ1) is 11.2. The number of rotatable bonds is 2. The minimum absolute atomic E-state index is 0.0834. The van der Waals surface area contributed by atoms with Crippen LogP contribution >= 0.6 is 0 Å². The van der Waals surface area contributed by atoms with E-state index in [1.807, 2.05) is 0 Å². The third-order valence-corrected chi connectivity index (χ3v) is 3.31. The van der Waals surface area contributed by atoms with E-state index in [1.165, 1.54) is 0 Å². The highest BCUT2D eigenvalue weighted by molar-refractivity contribution is 5.82. The van der Waals surface area contributed by atoms with Crippen molar-refractivity contribution in [2.75, 3.05) is 14.1 Å². The van der Waals surface area contributed by atoms with Crippen molar-refractivity contribution in [2.45, 2.75) is 20.3 Å². The molecule has 1 fully saturated rings. The SMILES string of the molecule is CC1CC(C)C(C(=O)N(C)C)C1C=O. The van der Waals surface area contributed by atoms with Crippen LogP contribution in [0.5, 0.6) is 0 Å². The van der Waals surface area contributed by atoms with E-state index in [-0.39, 0.29) is 17.7 Å². The van der Waals surface area contributed by atoms with Crippen LogP contribution < -0.4 is 0 Å². The quantitative estimate of drug-likeness (QED) is 0.623. The third-order valence-electron chi connectivity index (χ3n) is 3.31. The molecule has 0 saturated heterocycles. The van der Waals surface area contributed by atoms with E-state index in [9.17, 15) is 9.59 Å². The molecule has 1 aliphatic carbocycles. The topological polar surface area (TPSA) is 37.4 Å². The fourth-order valence-electron chi connectivity index (χ4n) is 2.55. The average Bonchev–Trinajstić information content (AvgIpc) is 2.38. The maximum absolute atomic E-state index is 11.8. The zero-order valence-electron chi connectivity index (χ0n) is 9.36. The van der Waals surface area contributed by atoms with E-state index < -0.39 is 0 Å². The largest absolute Gasteiger partial charge is 0.349 e. The lowest BCUT2D eigenvalue weighted by molar-refractivity contribution is -0.137. The van der Waals surface area contributed by atoms with Crippen molar-refractivity contribution >= 4 is 12.2 Å². The van der Waals surface area contributed by atoms with Gasteiger partial charge in [0.15, 0.2) is 0 Å². The van der Waals surface area contributed by atoms with E-state index in [2.05, 4.69) is 13.8 Å². The van der Waals surface area contributed by atoms with Gasteiger partial charge in [-0.2, -0.15) is 0 Å². The van der Waals surface area contributed by atoms with Gasteiger partial charge in [-0.25, -0.2) is 0 Å². The van der Waals surface area contributed by atoms with Crippen LogP contribution in [-0.2, 0) is 9.59 Å². The van der Waals surface area contributed by atoms with Crippen molar-refractivity contribution in [2.24, 2.45) is 23.7 Å². The molecule has 0 N–H and O–H groups in total. The summed E-state index contributed by atoms with van der Waals surface area (Å²) < 4.78 is 0. The summed E-state index contributed by atoms with van der Waals surface area (Å²) in [5.41, 5.74) is 0. The molecule has 4 atom stereocenters. The summed E-state index contributed by atoms with van der Waals surface area (Å²) in [7, 11) is 3.50. The molecule has 1 aliphatic rings. The maximum atomic E-state index is 11.8. The predicted molar refractivity (Wildman–Crippen MR) is 54.7 cm³/mol. The second-order valence-electron chi connectivity index (χ2n) is 4.66. The van der Waals surface area contributed by atoms with Gasteiger partial charge >= 0.3 is 0 Å². The molecule has 3 heteroatoms. The number of hydrogen-bond donors (Lipinski definition) is 0. The van der Waals surface area contributed by atoms with E-state index in [1.54, 1.807) is 19.0 Å². The second-order valence-corrected chi connectivity index (χ2v) is 4.66. The third kappa shape index (κ3) is 1.81. The normalized spacial score (nSPS) is 36.9. The maximum Gasteiger partial charge on any atom is 0.226 e. The highest BCUT2D eigenvalue weighted by atomic mass is 16.2. The Kier molecular flexibility index (Phi) is 3.29. The van der Waals surface area contributed by atoms with Crippen LogP contribution in [0.3, 0.4) is 0 Å². The van der Waals surface area contributed by atoms with Gasteiger partial charge in [0.25, 0.3) is 0 Å². The summed E-state index contributed by atoms with van der Waals surface area (Å²) in [6.45, 7) is 4.12. The first-order chi connectivity index (χ1) is 6.49. The second kappa shape index (κ2) is 4.11. The molecule has 14 heavy (non-hydrogen) atoms. The summed E-state index contributed by atoms with van der Waals surface area (Å²) in [4.78, 5) is 24.4. The number of carbonyl (C=O) groups is 2. The Morgan fingerprint density at radius 1 is 1.29 bits per heavy atom. The minimum Gasteiger partial charge on any atom is -0.349 e. The predicted octanol–water partition coefficient (Wildman–Crippen LogP) is 1.18. The molecule has 1 rings (SSSR count). The number of carbonyl (C=O) groups excluding carboxylic acids is 2. The lowest BCUT2D eigenvalue weighted by Crippen LogP contribution is -2.35. The van der Waals surface area contributed by atoms with E-state index in [0.717, 1.165) is 12.7 Å². The first-order valence-corrected chi connectivity index (χ1v) is 5.15. The summed E-state index contributed by atoms with van der Waals surface area (Å²) >= 11 is 0. The monoisotopic (exact) mass is 197 g/mol. The van der Waals surface area contributed by atoms with Gasteiger partial charge in [0.2, 0.25) is 5.91 Å². The number of amides is 1. The smallest absolute Gasteiger partial charge is 0.226 e. The minimum atomic E-state index is -0.0995. The van der Waals surface area contributed by atoms with Gasteiger partial charge in [-0.1, -0.05) is 13.8 Å². The lowest BCUT2D eigenvalue weighted by Gasteiger charge is -2.22. The van der Waals surface area contributed by atoms with Crippen LogP contribution in [0.1, 0.15) is 20.3 Å². The Bertz CT molecular complexity index is 237. The molecule has 3 nitrogen and oxygen atoms in total. The summed E-state index contributed by atoms with van der Waals surface area (Å²) in [6, 6.07) is 0. The Balaban J connectivity index is 2.84. The number of hydrogen-bond acceptors (Lipinski definition) is 2. The van der Waals surface area contributed by atoms with E-state index in [4.69, 9.17) is 0 Å².